The van der Waals surface area contributed by atoms with Crippen LogP contribution in [0.1, 0.15) is 25.5 Å². The van der Waals surface area contributed by atoms with Gasteiger partial charge in [0.2, 0.25) is 6.10 Å². The van der Waals surface area contributed by atoms with Gasteiger partial charge in [0.15, 0.2) is 0 Å². The van der Waals surface area contributed by atoms with Crippen LogP contribution >= 0.6 is 31.9 Å². The number of halogens is 2. The molecule has 0 unspecified atom stereocenters. The van der Waals surface area contributed by atoms with Crippen LogP contribution < -0.4 is 4.74 Å². The molecule has 0 aliphatic heterocycles. The van der Waals surface area contributed by atoms with Crippen LogP contribution in [0, 0.1) is 28.6 Å². The molecule has 0 bridgehead atoms. The summed E-state index contributed by atoms with van der Waals surface area (Å²) in [6.07, 6.45) is 4.75. The SMILES string of the molecule is CC1(C)[C@H](C=CC=C(Br)Br)[C@H]1C(=O)O[C@@H](C#N)c1cccc(Oc2ccccc2)c1. The van der Waals surface area contributed by atoms with E-state index >= 15 is 0 Å². The highest BCUT2D eigenvalue weighted by atomic mass is 79.9. The number of carbonyl (C=O) groups excluding carboxylic acids is 1. The highest BCUT2D eigenvalue weighted by Gasteiger charge is 2.61. The fourth-order valence-electron chi connectivity index (χ4n) is 3.46. The number of nitrogens with zero attached hydrogens (tertiary/aromatic N) is 1. The second-order valence-corrected chi connectivity index (χ2v) is 10.4. The van der Waals surface area contributed by atoms with Crippen molar-refractivity contribution >= 4 is 37.8 Å². The fourth-order valence-corrected chi connectivity index (χ4v) is 3.76. The third-order valence-electron chi connectivity index (χ3n) is 5.20. The average Bonchev–Trinajstić information content (AvgIpc) is 3.27. The molecule has 3 atom stereocenters. The van der Waals surface area contributed by atoms with Crippen molar-refractivity contribution < 1.29 is 14.3 Å². The van der Waals surface area contributed by atoms with Crippen molar-refractivity contribution in [2.45, 2.75) is 20.0 Å². The summed E-state index contributed by atoms with van der Waals surface area (Å²) in [7, 11) is 0. The molecule has 1 aliphatic carbocycles. The maximum atomic E-state index is 12.8. The fraction of sp³-hybridized carbons (Fsp3) is 0.250. The lowest BCUT2D eigenvalue weighted by Crippen LogP contribution is -2.14. The van der Waals surface area contributed by atoms with Crippen LogP contribution in [0.3, 0.4) is 0 Å². The van der Waals surface area contributed by atoms with Gasteiger partial charge in [-0.15, -0.1) is 0 Å². The Balaban J connectivity index is 1.69. The first-order chi connectivity index (χ1) is 14.3. The lowest BCUT2D eigenvalue weighted by molar-refractivity contribution is -0.149. The first kappa shape index (κ1) is 22.3. The number of carbonyl (C=O) groups is 1. The molecule has 4 nitrogen and oxygen atoms in total. The predicted molar refractivity (Wildman–Crippen MR) is 123 cm³/mol. The Kier molecular flexibility index (Phi) is 7.17. The zero-order valence-electron chi connectivity index (χ0n) is 16.6. The zero-order chi connectivity index (χ0) is 21.7. The molecule has 0 heterocycles. The van der Waals surface area contributed by atoms with E-state index in [2.05, 4.69) is 37.9 Å². The molecule has 0 radical (unpaired) electrons. The molecule has 154 valence electrons. The topological polar surface area (TPSA) is 59.3 Å². The molecule has 1 aliphatic rings. The molecule has 2 aromatic rings. The van der Waals surface area contributed by atoms with Gasteiger partial charge in [0.25, 0.3) is 0 Å². The summed E-state index contributed by atoms with van der Waals surface area (Å²) in [4.78, 5) is 12.8. The molecule has 0 saturated heterocycles. The van der Waals surface area contributed by atoms with Crippen LogP contribution in [0.4, 0.5) is 0 Å². The summed E-state index contributed by atoms with van der Waals surface area (Å²) in [6.45, 7) is 4.05. The molecule has 6 heteroatoms. The minimum Gasteiger partial charge on any atom is -0.457 e. The molecule has 0 amide bonds. The summed E-state index contributed by atoms with van der Waals surface area (Å²) in [5.41, 5.74) is 0.370. The predicted octanol–water partition coefficient (Wildman–Crippen LogP) is 7.05. The van der Waals surface area contributed by atoms with Gasteiger partial charge in [-0.3, -0.25) is 4.79 Å². The van der Waals surface area contributed by atoms with E-state index < -0.39 is 6.10 Å². The molecule has 3 rings (SSSR count). The quantitative estimate of drug-likeness (QED) is 0.284. The number of esters is 1. The summed E-state index contributed by atoms with van der Waals surface area (Å²) < 4.78 is 12.2. The Hall–Kier alpha value is -2.36. The van der Waals surface area contributed by atoms with E-state index in [1.54, 1.807) is 24.3 Å². The molecule has 0 aromatic heterocycles. The Morgan fingerprint density at radius 1 is 1.13 bits per heavy atom. The van der Waals surface area contributed by atoms with E-state index in [9.17, 15) is 10.1 Å². The van der Waals surface area contributed by atoms with Gasteiger partial charge >= 0.3 is 5.97 Å². The van der Waals surface area contributed by atoms with Crippen LogP contribution in [0.15, 0.2) is 76.2 Å². The van der Waals surface area contributed by atoms with Gasteiger partial charge in [-0.1, -0.05) is 56.3 Å². The lowest BCUT2D eigenvalue weighted by Gasteiger charge is -2.13. The summed E-state index contributed by atoms with van der Waals surface area (Å²) in [5, 5.41) is 9.61. The van der Waals surface area contributed by atoms with E-state index in [0.29, 0.717) is 17.1 Å². The molecule has 1 saturated carbocycles. The van der Waals surface area contributed by atoms with Gasteiger partial charge in [-0.25, -0.2) is 0 Å². The average molecular weight is 531 g/mol. The van der Waals surface area contributed by atoms with Gasteiger partial charge in [-0.05, 0) is 73.5 Å². The number of nitriles is 1. The van der Waals surface area contributed by atoms with E-state index in [0.717, 1.165) is 3.39 Å². The van der Waals surface area contributed by atoms with Crippen molar-refractivity contribution in [2.24, 2.45) is 17.3 Å². The van der Waals surface area contributed by atoms with Gasteiger partial charge in [-0.2, -0.15) is 5.26 Å². The van der Waals surface area contributed by atoms with Crippen molar-refractivity contribution in [3.8, 4) is 17.6 Å². The van der Waals surface area contributed by atoms with Crippen LogP contribution in [0.5, 0.6) is 11.5 Å². The second-order valence-electron chi connectivity index (χ2n) is 7.60. The molecule has 1 fully saturated rings. The highest BCUT2D eigenvalue weighted by molar-refractivity contribution is 9.28. The summed E-state index contributed by atoms with van der Waals surface area (Å²) >= 11 is 6.60. The minimum atomic E-state index is -0.991. The van der Waals surface area contributed by atoms with Gasteiger partial charge in [0, 0.05) is 5.56 Å². The standard InChI is InChI=1S/C24H21Br2NO3/c1-24(2)19(12-7-13-21(25)26)22(24)23(28)30-20(15-27)16-8-6-11-18(14-16)29-17-9-4-3-5-10-17/h3-14,19-20,22H,1-2H3/t19-,20+,22+/m1/s1. The highest BCUT2D eigenvalue weighted by Crippen LogP contribution is 2.59. The van der Waals surface area contributed by atoms with E-state index in [-0.39, 0.29) is 23.2 Å². The molecular formula is C24H21Br2NO3. The van der Waals surface area contributed by atoms with Crippen molar-refractivity contribution in [1.82, 2.24) is 0 Å². The smallest absolute Gasteiger partial charge is 0.311 e. The number of hydrogen-bond donors (Lipinski definition) is 0. The Morgan fingerprint density at radius 2 is 1.83 bits per heavy atom. The molecule has 30 heavy (non-hydrogen) atoms. The van der Waals surface area contributed by atoms with Crippen LogP contribution in [-0.2, 0) is 9.53 Å². The molecular weight excluding hydrogens is 510 g/mol. The Labute approximate surface area is 193 Å². The third kappa shape index (κ3) is 5.41. The Morgan fingerprint density at radius 3 is 2.50 bits per heavy atom. The molecule has 0 spiro atoms. The van der Waals surface area contributed by atoms with Crippen LogP contribution in [0.2, 0.25) is 0 Å². The Bertz CT molecular complexity index is 1000. The van der Waals surface area contributed by atoms with Crippen LogP contribution in [-0.4, -0.2) is 5.97 Å². The van der Waals surface area contributed by atoms with E-state index in [1.165, 1.54) is 0 Å². The van der Waals surface area contributed by atoms with Gasteiger partial charge < -0.3 is 9.47 Å². The number of hydrogen-bond acceptors (Lipinski definition) is 4. The van der Waals surface area contributed by atoms with Crippen molar-refractivity contribution in [1.29, 1.82) is 5.26 Å². The normalized spacial score (nSPS) is 20.1. The summed E-state index contributed by atoms with van der Waals surface area (Å²) in [6, 6.07) is 18.5. The lowest BCUT2D eigenvalue weighted by atomic mass is 10.1. The molecule has 0 N–H and O–H groups in total. The maximum absolute atomic E-state index is 12.8. The van der Waals surface area contributed by atoms with Crippen molar-refractivity contribution in [3.05, 3.63) is 81.8 Å². The maximum Gasteiger partial charge on any atom is 0.311 e. The third-order valence-corrected chi connectivity index (χ3v) is 5.72. The second kappa shape index (κ2) is 9.63. The number of ether oxygens (including phenoxy) is 2. The zero-order valence-corrected chi connectivity index (χ0v) is 19.8. The minimum absolute atomic E-state index is 0.0627. The largest absolute Gasteiger partial charge is 0.457 e. The van der Waals surface area contributed by atoms with E-state index in [4.69, 9.17) is 9.47 Å². The summed E-state index contributed by atoms with van der Waals surface area (Å²) in [5.74, 6) is 0.689. The first-order valence-corrected chi connectivity index (χ1v) is 11.0. The van der Waals surface area contributed by atoms with E-state index in [1.807, 2.05) is 62.4 Å². The first-order valence-electron chi connectivity index (χ1n) is 9.45. The number of benzene rings is 2. The van der Waals surface area contributed by atoms with Crippen molar-refractivity contribution in [2.75, 3.05) is 0 Å². The monoisotopic (exact) mass is 529 g/mol. The van der Waals surface area contributed by atoms with Crippen molar-refractivity contribution in [3.63, 3.8) is 0 Å². The number of para-hydroxylation sites is 1. The number of allylic oxidation sites excluding steroid dienone is 3. The van der Waals surface area contributed by atoms with Gasteiger partial charge in [0.1, 0.15) is 17.6 Å². The van der Waals surface area contributed by atoms with Crippen LogP contribution in [0.25, 0.3) is 0 Å². The number of rotatable bonds is 7. The molecule has 2 aromatic carbocycles. The van der Waals surface area contributed by atoms with Gasteiger partial charge in [0.05, 0.1) is 9.31 Å².